The first-order chi connectivity index (χ1) is 8.25. The molecule has 0 N–H and O–H groups in total. The summed E-state index contributed by atoms with van der Waals surface area (Å²) in [7, 11) is 0. The van der Waals surface area contributed by atoms with Gasteiger partial charge in [0.1, 0.15) is 0 Å². The number of aryl methyl sites for hydroxylation is 1. The number of nitrogens with zero attached hydrogens (tertiary/aromatic N) is 2. The predicted molar refractivity (Wildman–Crippen MR) is 73.5 cm³/mol. The van der Waals surface area contributed by atoms with E-state index in [0.29, 0.717) is 5.03 Å². The molecule has 1 atom stereocenters. The van der Waals surface area contributed by atoms with Gasteiger partial charge in [0.25, 0.3) is 0 Å². The van der Waals surface area contributed by atoms with Crippen LogP contribution in [0.5, 0.6) is 0 Å². The summed E-state index contributed by atoms with van der Waals surface area (Å²) in [6, 6.07) is 10.4. The summed E-state index contributed by atoms with van der Waals surface area (Å²) in [5.41, 5.74) is 1.02. The molecule has 0 spiro atoms. The highest BCUT2D eigenvalue weighted by Gasteiger charge is 2.14. The molecule has 1 heterocycles. The monoisotopic (exact) mass is 268 g/mol. The molecule has 0 radical (unpaired) electrons. The third-order valence-corrected chi connectivity index (χ3v) is 3.17. The van der Waals surface area contributed by atoms with Gasteiger partial charge in [-0.2, -0.15) is 0 Å². The lowest BCUT2D eigenvalue weighted by Crippen LogP contribution is -2.28. The fraction of sp³-hybridized carbons (Fsp3) is 0.308. The minimum absolute atomic E-state index is 0.326. The number of alkyl halides is 1. The third kappa shape index (κ3) is 3.76. The van der Waals surface area contributed by atoms with Gasteiger partial charge in [0.2, 0.25) is 0 Å². The molecule has 0 fully saturated rings. The van der Waals surface area contributed by atoms with E-state index in [4.69, 9.17) is 23.2 Å². The molecular weight excluding hydrogens is 255 g/mol. The lowest BCUT2D eigenvalue weighted by atomic mass is 10.1. The molecule has 1 aromatic carbocycles. The molecule has 2 rings (SSSR count). The van der Waals surface area contributed by atoms with Crippen molar-refractivity contribution in [1.29, 1.82) is 0 Å². The number of benzene rings is 1. The van der Waals surface area contributed by atoms with Crippen molar-refractivity contribution in [1.82, 2.24) is 4.90 Å². The third-order valence-electron chi connectivity index (χ3n) is 2.61. The van der Waals surface area contributed by atoms with E-state index in [0.717, 1.165) is 19.4 Å². The average molecular weight is 269 g/mol. The summed E-state index contributed by atoms with van der Waals surface area (Å²) < 4.78 is 0. The second kappa shape index (κ2) is 6.08. The molecule has 4 heteroatoms. The topological polar surface area (TPSA) is 15.6 Å². The Morgan fingerprint density at radius 3 is 2.76 bits per heavy atom. The van der Waals surface area contributed by atoms with Gasteiger partial charge in [-0.25, -0.2) is 0 Å². The molecule has 0 bridgehead atoms. The summed E-state index contributed by atoms with van der Waals surface area (Å²) in [5.74, 6) is 0. The van der Waals surface area contributed by atoms with Gasteiger partial charge in [0.05, 0.1) is 5.03 Å². The maximum absolute atomic E-state index is 6.05. The zero-order chi connectivity index (χ0) is 12.1. The second-order valence-electron chi connectivity index (χ2n) is 3.93. The van der Waals surface area contributed by atoms with E-state index in [9.17, 15) is 0 Å². The van der Waals surface area contributed by atoms with Crippen molar-refractivity contribution in [3.05, 3.63) is 47.1 Å². The van der Waals surface area contributed by atoms with E-state index in [1.54, 1.807) is 6.21 Å². The van der Waals surface area contributed by atoms with Gasteiger partial charge in [0.15, 0.2) is 5.62 Å². The van der Waals surface area contributed by atoms with E-state index >= 15 is 0 Å². The van der Waals surface area contributed by atoms with Crippen LogP contribution in [0.2, 0.25) is 0 Å². The first-order valence-corrected chi connectivity index (χ1v) is 6.41. The van der Waals surface area contributed by atoms with Crippen LogP contribution in [-0.2, 0) is 6.42 Å². The number of halogens is 2. The van der Waals surface area contributed by atoms with Gasteiger partial charge >= 0.3 is 0 Å². The molecule has 0 aliphatic carbocycles. The average Bonchev–Trinajstić information content (AvgIpc) is 2.35. The first-order valence-electron chi connectivity index (χ1n) is 5.60. The Bertz CT molecular complexity index is 415. The number of rotatable bonds is 4. The minimum Gasteiger partial charge on any atom is -0.342 e. The standard InChI is InChI=1S/C13H14Cl2N2/c14-12-9-16-13(15)17(10-12)8-4-7-11-5-2-1-3-6-11/h1-3,5-6,9-10,13H,4,7-8H2. The van der Waals surface area contributed by atoms with Crippen molar-refractivity contribution in [2.24, 2.45) is 4.99 Å². The Labute approximate surface area is 112 Å². The summed E-state index contributed by atoms with van der Waals surface area (Å²) in [6.07, 6.45) is 5.50. The van der Waals surface area contributed by atoms with Crippen LogP contribution in [-0.4, -0.2) is 23.3 Å². The molecule has 17 heavy (non-hydrogen) atoms. The van der Waals surface area contributed by atoms with E-state index in [1.807, 2.05) is 17.2 Å². The Morgan fingerprint density at radius 1 is 1.24 bits per heavy atom. The predicted octanol–water partition coefficient (Wildman–Crippen LogP) is 3.61. The van der Waals surface area contributed by atoms with Crippen LogP contribution in [0.4, 0.5) is 0 Å². The smallest absolute Gasteiger partial charge is 0.197 e. The number of aliphatic imine (C=N–C) groups is 1. The van der Waals surface area contributed by atoms with E-state index in [1.165, 1.54) is 5.56 Å². The van der Waals surface area contributed by atoms with Gasteiger partial charge in [0, 0.05) is 19.0 Å². The Balaban J connectivity index is 1.81. The molecule has 0 aromatic heterocycles. The molecular formula is C13H14Cl2N2. The van der Waals surface area contributed by atoms with Crippen LogP contribution in [0, 0.1) is 0 Å². The van der Waals surface area contributed by atoms with Crippen LogP contribution in [0.1, 0.15) is 12.0 Å². The molecule has 2 nitrogen and oxygen atoms in total. The molecule has 1 aliphatic rings. The van der Waals surface area contributed by atoms with E-state index < -0.39 is 0 Å². The summed E-state index contributed by atoms with van der Waals surface area (Å²) in [4.78, 5) is 6.04. The Kier molecular flexibility index (Phi) is 4.46. The number of hydrogen-bond acceptors (Lipinski definition) is 2. The van der Waals surface area contributed by atoms with Crippen molar-refractivity contribution in [3.63, 3.8) is 0 Å². The Hall–Kier alpha value is -0.990. The van der Waals surface area contributed by atoms with Crippen molar-refractivity contribution < 1.29 is 0 Å². The van der Waals surface area contributed by atoms with Crippen LogP contribution >= 0.6 is 23.2 Å². The lowest BCUT2D eigenvalue weighted by Gasteiger charge is -2.25. The van der Waals surface area contributed by atoms with Crippen LogP contribution in [0.25, 0.3) is 0 Å². The van der Waals surface area contributed by atoms with Gasteiger partial charge < -0.3 is 4.90 Å². The zero-order valence-corrected chi connectivity index (χ0v) is 10.9. The van der Waals surface area contributed by atoms with Crippen LogP contribution < -0.4 is 0 Å². The van der Waals surface area contributed by atoms with Gasteiger partial charge in [-0.05, 0) is 18.4 Å². The largest absolute Gasteiger partial charge is 0.342 e. The highest BCUT2D eigenvalue weighted by Crippen LogP contribution is 2.16. The number of hydrogen-bond donors (Lipinski definition) is 0. The molecule has 0 saturated heterocycles. The van der Waals surface area contributed by atoms with Crippen molar-refractivity contribution in [3.8, 4) is 0 Å². The van der Waals surface area contributed by atoms with Crippen LogP contribution in [0.15, 0.2) is 46.6 Å². The molecule has 1 aromatic rings. The molecule has 0 saturated carbocycles. The second-order valence-corrected chi connectivity index (χ2v) is 4.76. The normalized spacial score (nSPS) is 19.3. The minimum atomic E-state index is -0.326. The lowest BCUT2D eigenvalue weighted by molar-refractivity contribution is 0.346. The van der Waals surface area contributed by atoms with Gasteiger partial charge in [-0.3, -0.25) is 4.99 Å². The summed E-state index contributed by atoms with van der Waals surface area (Å²) in [5, 5.41) is 0.626. The Morgan fingerprint density at radius 2 is 2.00 bits per heavy atom. The van der Waals surface area contributed by atoms with Crippen molar-refractivity contribution in [2.75, 3.05) is 6.54 Å². The highest BCUT2D eigenvalue weighted by atomic mass is 35.5. The fourth-order valence-electron chi connectivity index (χ4n) is 1.75. The van der Waals surface area contributed by atoms with Crippen molar-refractivity contribution in [2.45, 2.75) is 18.5 Å². The SMILES string of the molecule is ClC1=CN(CCCc2ccccc2)C(Cl)N=C1. The fourth-order valence-corrected chi connectivity index (χ4v) is 2.15. The first kappa shape index (κ1) is 12.5. The zero-order valence-electron chi connectivity index (χ0n) is 9.39. The number of allylic oxidation sites excluding steroid dienone is 1. The maximum atomic E-state index is 6.05. The summed E-state index contributed by atoms with van der Waals surface area (Å²) >= 11 is 11.9. The van der Waals surface area contributed by atoms with Gasteiger partial charge in [-0.15, -0.1) is 0 Å². The highest BCUT2D eigenvalue weighted by molar-refractivity contribution is 6.39. The van der Waals surface area contributed by atoms with E-state index in [2.05, 4.69) is 29.3 Å². The maximum Gasteiger partial charge on any atom is 0.197 e. The van der Waals surface area contributed by atoms with Crippen LogP contribution in [0.3, 0.4) is 0 Å². The van der Waals surface area contributed by atoms with E-state index in [-0.39, 0.29) is 5.62 Å². The van der Waals surface area contributed by atoms with Gasteiger partial charge in [-0.1, -0.05) is 53.5 Å². The molecule has 1 aliphatic heterocycles. The molecule has 1 unspecified atom stereocenters. The summed E-state index contributed by atoms with van der Waals surface area (Å²) in [6.45, 7) is 0.858. The molecule has 90 valence electrons. The van der Waals surface area contributed by atoms with Crippen molar-refractivity contribution >= 4 is 29.4 Å². The molecule has 0 amide bonds. The quantitative estimate of drug-likeness (QED) is 0.602.